The fraction of sp³-hybridized carbons (Fsp3) is 0.950. The molecule has 0 aliphatic carbocycles. The number of rotatable bonds is 17. The molecule has 0 fully saturated rings. The van der Waals surface area contributed by atoms with Crippen molar-refractivity contribution in [2.45, 2.75) is 109 Å². The van der Waals surface area contributed by atoms with Crippen LogP contribution in [0, 0.1) is 0 Å². The van der Waals surface area contributed by atoms with Crippen LogP contribution in [0.5, 0.6) is 0 Å². The fourth-order valence-electron chi connectivity index (χ4n) is 3.14. The summed E-state index contributed by atoms with van der Waals surface area (Å²) in [6.45, 7) is 4.31. The molecule has 0 N–H and O–H groups in total. The Hall–Kier alpha value is -0.700. The van der Waals surface area contributed by atoms with Gasteiger partial charge in [0.25, 0.3) is 0 Å². The molecule has 0 rings (SSSR count). The second-order valence-corrected chi connectivity index (χ2v) is 7.07. The van der Waals surface area contributed by atoms with E-state index in [9.17, 15) is 4.79 Å². The molecular weight excluding hydrogens is 302 g/mol. The second-order valence-electron chi connectivity index (χ2n) is 7.07. The van der Waals surface area contributed by atoms with E-state index in [1.165, 1.54) is 44.9 Å². The average Bonchev–Trinajstić information content (AvgIpc) is 2.57. The minimum absolute atomic E-state index is 0.0474. The SMILES string of the molecule is CCCCCC(C)(CCCCCCCCCC(OC)OC)N=C=O. The van der Waals surface area contributed by atoms with Crippen molar-refractivity contribution in [3.63, 3.8) is 0 Å². The number of nitrogens with zero attached hydrogens (tertiary/aromatic N) is 1. The van der Waals surface area contributed by atoms with Crippen molar-refractivity contribution in [3.05, 3.63) is 0 Å². The Morgan fingerprint density at radius 2 is 1.38 bits per heavy atom. The molecule has 0 radical (unpaired) electrons. The Kier molecular flexibility index (Phi) is 15.3. The molecule has 0 aromatic carbocycles. The first-order chi connectivity index (χ1) is 11.6. The van der Waals surface area contributed by atoms with E-state index in [4.69, 9.17) is 9.47 Å². The molecule has 0 aromatic heterocycles. The number of carbonyl (C=O) groups excluding carboxylic acids is 1. The van der Waals surface area contributed by atoms with Gasteiger partial charge in [0.15, 0.2) is 6.29 Å². The summed E-state index contributed by atoms with van der Waals surface area (Å²) in [7, 11) is 3.39. The third kappa shape index (κ3) is 12.7. The quantitative estimate of drug-likeness (QED) is 0.146. The average molecular weight is 342 g/mol. The number of methoxy groups -OCH3 is 2. The number of hydrogen-bond acceptors (Lipinski definition) is 4. The van der Waals surface area contributed by atoms with Crippen molar-refractivity contribution < 1.29 is 14.3 Å². The van der Waals surface area contributed by atoms with Gasteiger partial charge in [-0.25, -0.2) is 4.79 Å². The van der Waals surface area contributed by atoms with Gasteiger partial charge in [-0.1, -0.05) is 64.7 Å². The second kappa shape index (κ2) is 15.8. The monoisotopic (exact) mass is 341 g/mol. The van der Waals surface area contributed by atoms with E-state index in [-0.39, 0.29) is 11.8 Å². The van der Waals surface area contributed by atoms with Gasteiger partial charge in [0.05, 0.1) is 5.54 Å². The number of hydrogen-bond donors (Lipinski definition) is 0. The van der Waals surface area contributed by atoms with Gasteiger partial charge < -0.3 is 9.47 Å². The van der Waals surface area contributed by atoms with E-state index >= 15 is 0 Å². The maximum Gasteiger partial charge on any atom is 0.235 e. The van der Waals surface area contributed by atoms with Gasteiger partial charge in [-0.05, 0) is 32.6 Å². The maximum atomic E-state index is 10.7. The van der Waals surface area contributed by atoms with Gasteiger partial charge in [-0.2, -0.15) is 4.99 Å². The fourth-order valence-corrected chi connectivity index (χ4v) is 3.14. The summed E-state index contributed by atoms with van der Waals surface area (Å²) in [6, 6.07) is 0. The lowest BCUT2D eigenvalue weighted by Crippen LogP contribution is -2.21. The zero-order chi connectivity index (χ0) is 18.1. The highest BCUT2D eigenvalue weighted by molar-refractivity contribution is 5.34. The molecule has 4 heteroatoms. The van der Waals surface area contributed by atoms with E-state index < -0.39 is 0 Å². The summed E-state index contributed by atoms with van der Waals surface area (Å²) in [4.78, 5) is 14.8. The van der Waals surface area contributed by atoms with Crippen LogP contribution in [0.1, 0.15) is 97.3 Å². The summed E-state index contributed by atoms with van der Waals surface area (Å²) in [5.41, 5.74) is -0.188. The smallest absolute Gasteiger partial charge is 0.235 e. The molecule has 24 heavy (non-hydrogen) atoms. The molecule has 0 aliphatic heterocycles. The lowest BCUT2D eigenvalue weighted by atomic mass is 9.89. The lowest BCUT2D eigenvalue weighted by molar-refractivity contribution is -0.107. The van der Waals surface area contributed by atoms with Crippen LogP contribution in [0.2, 0.25) is 0 Å². The van der Waals surface area contributed by atoms with Gasteiger partial charge in [-0.15, -0.1) is 0 Å². The summed E-state index contributed by atoms with van der Waals surface area (Å²) in [5.74, 6) is 0. The topological polar surface area (TPSA) is 47.9 Å². The Bertz CT molecular complexity index is 325. The summed E-state index contributed by atoms with van der Waals surface area (Å²) in [5, 5.41) is 0. The largest absolute Gasteiger partial charge is 0.356 e. The minimum atomic E-state index is -0.188. The highest BCUT2D eigenvalue weighted by Crippen LogP contribution is 2.26. The van der Waals surface area contributed by atoms with Crippen molar-refractivity contribution in [3.8, 4) is 0 Å². The Morgan fingerprint density at radius 1 is 0.875 bits per heavy atom. The lowest BCUT2D eigenvalue weighted by Gasteiger charge is -2.23. The molecule has 4 nitrogen and oxygen atoms in total. The number of aliphatic imine (C=N–C) groups is 1. The van der Waals surface area contributed by atoms with Gasteiger partial charge in [0.1, 0.15) is 0 Å². The summed E-state index contributed by atoms with van der Waals surface area (Å²) in [6.07, 6.45) is 16.9. The van der Waals surface area contributed by atoms with Crippen molar-refractivity contribution in [1.82, 2.24) is 0 Å². The van der Waals surface area contributed by atoms with E-state index in [0.29, 0.717) is 0 Å². The zero-order valence-electron chi connectivity index (χ0n) is 16.4. The van der Waals surface area contributed by atoms with Crippen molar-refractivity contribution in [2.24, 2.45) is 4.99 Å². The highest BCUT2D eigenvalue weighted by atomic mass is 16.7. The Morgan fingerprint density at radius 3 is 1.88 bits per heavy atom. The molecule has 0 amide bonds. The molecule has 0 spiro atoms. The molecule has 0 aliphatic rings. The first-order valence-corrected chi connectivity index (χ1v) is 9.76. The zero-order valence-corrected chi connectivity index (χ0v) is 16.4. The number of ether oxygens (including phenoxy) is 2. The van der Waals surface area contributed by atoms with Gasteiger partial charge in [-0.3, -0.25) is 0 Å². The third-order valence-electron chi connectivity index (χ3n) is 4.82. The Balaban J connectivity index is 3.66. The van der Waals surface area contributed by atoms with Crippen LogP contribution >= 0.6 is 0 Å². The predicted octanol–water partition coefficient (Wildman–Crippen LogP) is 5.79. The first kappa shape index (κ1) is 23.3. The standard InChI is InChI=1S/C20H39NO3/c1-5-6-13-16-20(2,21-18-22)17-14-11-9-7-8-10-12-15-19(23-3)24-4/h19H,5-17H2,1-4H3. The van der Waals surface area contributed by atoms with Gasteiger partial charge in [0.2, 0.25) is 6.08 Å². The molecule has 0 saturated carbocycles. The van der Waals surface area contributed by atoms with Gasteiger partial charge >= 0.3 is 0 Å². The van der Waals surface area contributed by atoms with Crippen molar-refractivity contribution in [2.75, 3.05) is 14.2 Å². The van der Waals surface area contributed by atoms with E-state index in [1.807, 2.05) is 0 Å². The maximum absolute atomic E-state index is 10.7. The van der Waals surface area contributed by atoms with E-state index in [2.05, 4.69) is 18.8 Å². The first-order valence-electron chi connectivity index (χ1n) is 9.76. The van der Waals surface area contributed by atoms with E-state index in [0.717, 1.165) is 38.5 Å². The molecule has 0 aromatic rings. The number of unbranched alkanes of at least 4 members (excludes halogenated alkanes) is 8. The van der Waals surface area contributed by atoms with E-state index in [1.54, 1.807) is 20.3 Å². The van der Waals surface area contributed by atoms with Crippen LogP contribution in [0.3, 0.4) is 0 Å². The highest BCUT2D eigenvalue weighted by Gasteiger charge is 2.22. The third-order valence-corrected chi connectivity index (χ3v) is 4.82. The molecular formula is C20H39NO3. The minimum Gasteiger partial charge on any atom is -0.356 e. The summed E-state index contributed by atoms with van der Waals surface area (Å²) < 4.78 is 10.4. The van der Waals surface area contributed by atoms with Gasteiger partial charge in [0, 0.05) is 14.2 Å². The van der Waals surface area contributed by atoms with Crippen molar-refractivity contribution >= 4 is 6.08 Å². The van der Waals surface area contributed by atoms with Crippen LogP contribution in [0.15, 0.2) is 4.99 Å². The van der Waals surface area contributed by atoms with Crippen LogP contribution in [0.25, 0.3) is 0 Å². The molecule has 1 unspecified atom stereocenters. The van der Waals surface area contributed by atoms with Crippen LogP contribution in [-0.2, 0) is 14.3 Å². The molecule has 0 heterocycles. The molecule has 0 saturated heterocycles. The van der Waals surface area contributed by atoms with Crippen molar-refractivity contribution in [1.29, 1.82) is 0 Å². The number of isocyanates is 1. The Labute approximate surface area is 149 Å². The van der Waals surface area contributed by atoms with Crippen LogP contribution < -0.4 is 0 Å². The normalized spacial score (nSPS) is 13.7. The van der Waals surface area contributed by atoms with Crippen LogP contribution in [-0.4, -0.2) is 32.1 Å². The molecule has 1 atom stereocenters. The van der Waals surface area contributed by atoms with Crippen LogP contribution in [0.4, 0.5) is 0 Å². The molecule has 142 valence electrons. The molecule has 0 bridgehead atoms. The summed E-state index contributed by atoms with van der Waals surface area (Å²) >= 11 is 0. The predicted molar refractivity (Wildman–Crippen MR) is 100 cm³/mol.